The van der Waals surface area contributed by atoms with E-state index in [0.29, 0.717) is 5.56 Å². The Morgan fingerprint density at radius 1 is 1.56 bits per heavy atom. The number of aliphatic hydroxyl groups excluding tert-OH is 1. The molecule has 1 atom stereocenters. The van der Waals surface area contributed by atoms with Crippen molar-refractivity contribution in [1.29, 1.82) is 0 Å². The first-order chi connectivity index (χ1) is 8.74. The second-order valence-electron chi connectivity index (χ2n) is 4.73. The number of nitrogens with zero attached hydrogens (tertiary/aromatic N) is 1. The molecule has 2 N–H and O–H groups in total. The van der Waals surface area contributed by atoms with Gasteiger partial charge in [-0.25, -0.2) is 0 Å². The number of likely N-dealkylation sites (tertiary alicyclic amines) is 1. The monoisotopic (exact) mass is 248 g/mol. The molecule has 1 aromatic carbocycles. The Hall–Kier alpha value is -1.39. The summed E-state index contributed by atoms with van der Waals surface area (Å²) in [6.45, 7) is 2.04. The van der Waals surface area contributed by atoms with Gasteiger partial charge in [0.2, 0.25) is 0 Å². The van der Waals surface area contributed by atoms with Crippen molar-refractivity contribution in [1.82, 2.24) is 10.2 Å². The van der Waals surface area contributed by atoms with Gasteiger partial charge in [-0.15, -0.1) is 0 Å². The summed E-state index contributed by atoms with van der Waals surface area (Å²) < 4.78 is 0. The lowest BCUT2D eigenvalue weighted by Crippen LogP contribution is -2.31. The first-order valence-corrected chi connectivity index (χ1v) is 6.40. The summed E-state index contributed by atoms with van der Waals surface area (Å²) >= 11 is 0. The minimum Gasteiger partial charge on any atom is -0.395 e. The number of amides is 1. The van der Waals surface area contributed by atoms with Crippen molar-refractivity contribution in [2.75, 3.05) is 20.2 Å². The van der Waals surface area contributed by atoms with E-state index in [1.54, 1.807) is 7.05 Å². The maximum absolute atomic E-state index is 11.6. The van der Waals surface area contributed by atoms with E-state index in [1.165, 1.54) is 0 Å². The van der Waals surface area contributed by atoms with E-state index in [0.717, 1.165) is 31.5 Å². The maximum atomic E-state index is 11.6. The molecule has 1 aliphatic rings. The fourth-order valence-electron chi connectivity index (χ4n) is 2.50. The predicted octanol–water partition coefficient (Wildman–Crippen LogP) is 1.00. The van der Waals surface area contributed by atoms with Gasteiger partial charge in [0.1, 0.15) is 0 Å². The molecule has 98 valence electrons. The van der Waals surface area contributed by atoms with Crippen LogP contribution in [-0.4, -0.2) is 42.2 Å². The second-order valence-corrected chi connectivity index (χ2v) is 4.73. The molecule has 0 aliphatic carbocycles. The van der Waals surface area contributed by atoms with Crippen LogP contribution in [-0.2, 0) is 6.54 Å². The average molecular weight is 248 g/mol. The number of hydrogen-bond acceptors (Lipinski definition) is 3. The van der Waals surface area contributed by atoms with E-state index < -0.39 is 0 Å². The Morgan fingerprint density at radius 3 is 3.11 bits per heavy atom. The normalized spacial score (nSPS) is 20.0. The number of aliphatic hydroxyl groups is 1. The van der Waals surface area contributed by atoms with Crippen LogP contribution in [0.1, 0.15) is 28.8 Å². The highest BCUT2D eigenvalue weighted by Gasteiger charge is 2.23. The molecule has 0 spiro atoms. The van der Waals surface area contributed by atoms with E-state index in [9.17, 15) is 9.90 Å². The molecule has 1 fully saturated rings. The highest BCUT2D eigenvalue weighted by atomic mass is 16.3. The summed E-state index contributed by atoms with van der Waals surface area (Å²) in [6, 6.07) is 7.94. The van der Waals surface area contributed by atoms with Crippen LogP contribution in [0.3, 0.4) is 0 Å². The van der Waals surface area contributed by atoms with Gasteiger partial charge in [0.25, 0.3) is 5.91 Å². The third kappa shape index (κ3) is 2.89. The van der Waals surface area contributed by atoms with Crippen molar-refractivity contribution >= 4 is 5.91 Å². The average Bonchev–Trinajstić information content (AvgIpc) is 2.85. The van der Waals surface area contributed by atoms with Gasteiger partial charge in [0.15, 0.2) is 0 Å². The van der Waals surface area contributed by atoms with Gasteiger partial charge < -0.3 is 10.4 Å². The molecule has 4 nitrogen and oxygen atoms in total. The minimum absolute atomic E-state index is 0.0584. The molecule has 0 saturated carbocycles. The van der Waals surface area contributed by atoms with Crippen LogP contribution in [0, 0.1) is 0 Å². The van der Waals surface area contributed by atoms with Crippen molar-refractivity contribution in [2.24, 2.45) is 0 Å². The van der Waals surface area contributed by atoms with E-state index in [4.69, 9.17) is 0 Å². The topological polar surface area (TPSA) is 52.6 Å². The molecule has 1 amide bonds. The number of hydrogen-bond donors (Lipinski definition) is 2. The molecular formula is C14H20N2O2. The van der Waals surface area contributed by atoms with Gasteiger partial charge in [0, 0.05) is 25.2 Å². The van der Waals surface area contributed by atoms with Crippen molar-refractivity contribution in [3.63, 3.8) is 0 Å². The fourth-order valence-corrected chi connectivity index (χ4v) is 2.50. The zero-order chi connectivity index (χ0) is 13.0. The summed E-state index contributed by atoms with van der Waals surface area (Å²) in [7, 11) is 1.64. The molecular weight excluding hydrogens is 228 g/mol. The fraction of sp³-hybridized carbons (Fsp3) is 0.500. The predicted molar refractivity (Wildman–Crippen MR) is 70.4 cm³/mol. The van der Waals surface area contributed by atoms with Gasteiger partial charge in [-0.1, -0.05) is 12.1 Å². The number of carbonyl (C=O) groups excluding carboxylic acids is 1. The number of benzene rings is 1. The first-order valence-electron chi connectivity index (χ1n) is 6.40. The summed E-state index contributed by atoms with van der Waals surface area (Å²) in [6.07, 6.45) is 2.20. The summed E-state index contributed by atoms with van der Waals surface area (Å²) in [5, 5.41) is 11.9. The largest absolute Gasteiger partial charge is 0.395 e. The maximum Gasteiger partial charge on any atom is 0.251 e. The first kappa shape index (κ1) is 13.1. The third-order valence-corrected chi connectivity index (χ3v) is 3.51. The van der Waals surface area contributed by atoms with Crippen LogP contribution in [0.25, 0.3) is 0 Å². The van der Waals surface area contributed by atoms with E-state index in [-0.39, 0.29) is 18.6 Å². The number of carbonyl (C=O) groups is 1. The Balaban J connectivity index is 2.07. The molecule has 4 heteroatoms. The smallest absolute Gasteiger partial charge is 0.251 e. The highest BCUT2D eigenvalue weighted by molar-refractivity contribution is 5.94. The molecule has 2 rings (SSSR count). The lowest BCUT2D eigenvalue weighted by Gasteiger charge is -2.22. The van der Waals surface area contributed by atoms with Crippen LogP contribution in [0.2, 0.25) is 0 Å². The SMILES string of the molecule is CNC(=O)c1cccc(CN2CCC[C@@H]2CO)c1. The molecule has 18 heavy (non-hydrogen) atoms. The van der Waals surface area contributed by atoms with E-state index >= 15 is 0 Å². The Kier molecular flexibility index (Phi) is 4.33. The zero-order valence-electron chi connectivity index (χ0n) is 10.7. The van der Waals surface area contributed by atoms with Crippen molar-refractivity contribution in [3.8, 4) is 0 Å². The molecule has 0 unspecified atom stereocenters. The summed E-state index contributed by atoms with van der Waals surface area (Å²) in [4.78, 5) is 13.8. The summed E-state index contributed by atoms with van der Waals surface area (Å²) in [5.74, 6) is -0.0584. The van der Waals surface area contributed by atoms with Crippen LogP contribution < -0.4 is 5.32 Å². The van der Waals surface area contributed by atoms with Crippen LogP contribution in [0.15, 0.2) is 24.3 Å². The highest BCUT2D eigenvalue weighted by Crippen LogP contribution is 2.20. The van der Waals surface area contributed by atoms with Gasteiger partial charge >= 0.3 is 0 Å². The standard InChI is InChI=1S/C14H20N2O2/c1-15-14(18)12-5-2-4-11(8-12)9-16-7-3-6-13(16)10-17/h2,4-5,8,13,17H,3,6-7,9-10H2,1H3,(H,15,18)/t13-/m1/s1. The Labute approximate surface area is 108 Å². The molecule has 1 aromatic rings. The molecule has 1 saturated heterocycles. The molecule has 0 bridgehead atoms. The lowest BCUT2D eigenvalue weighted by atomic mass is 10.1. The van der Waals surface area contributed by atoms with E-state index in [1.807, 2.05) is 24.3 Å². The van der Waals surface area contributed by atoms with Crippen molar-refractivity contribution in [3.05, 3.63) is 35.4 Å². The Morgan fingerprint density at radius 2 is 2.39 bits per heavy atom. The van der Waals surface area contributed by atoms with Crippen molar-refractivity contribution in [2.45, 2.75) is 25.4 Å². The van der Waals surface area contributed by atoms with Gasteiger partial charge in [-0.05, 0) is 37.1 Å². The minimum atomic E-state index is -0.0584. The number of nitrogens with one attached hydrogen (secondary N) is 1. The van der Waals surface area contributed by atoms with Gasteiger partial charge in [-0.3, -0.25) is 9.69 Å². The van der Waals surface area contributed by atoms with Crippen LogP contribution in [0.4, 0.5) is 0 Å². The van der Waals surface area contributed by atoms with Gasteiger partial charge in [-0.2, -0.15) is 0 Å². The van der Waals surface area contributed by atoms with Crippen molar-refractivity contribution < 1.29 is 9.90 Å². The van der Waals surface area contributed by atoms with Crippen LogP contribution >= 0.6 is 0 Å². The second kappa shape index (κ2) is 5.98. The number of rotatable bonds is 4. The third-order valence-electron chi connectivity index (χ3n) is 3.51. The zero-order valence-corrected chi connectivity index (χ0v) is 10.7. The van der Waals surface area contributed by atoms with Crippen LogP contribution in [0.5, 0.6) is 0 Å². The molecule has 0 aromatic heterocycles. The molecule has 0 radical (unpaired) electrons. The molecule has 1 heterocycles. The van der Waals surface area contributed by atoms with E-state index in [2.05, 4.69) is 10.2 Å². The quantitative estimate of drug-likeness (QED) is 0.836. The summed E-state index contributed by atoms with van der Waals surface area (Å²) in [5.41, 5.74) is 1.81. The lowest BCUT2D eigenvalue weighted by molar-refractivity contribution is 0.0962. The molecule has 1 aliphatic heterocycles. The Bertz CT molecular complexity index is 420. The van der Waals surface area contributed by atoms with Gasteiger partial charge in [0.05, 0.1) is 6.61 Å².